The molecule has 1 aliphatic heterocycles. The molecule has 1 saturated heterocycles. The molecule has 0 bridgehead atoms. The number of carbonyl (C=O) groups excluding carboxylic acids is 1. The molecule has 1 aliphatic rings. The van der Waals surface area contributed by atoms with Crippen molar-refractivity contribution in [2.75, 3.05) is 13.1 Å². The van der Waals surface area contributed by atoms with E-state index in [0.717, 1.165) is 42.6 Å². The predicted molar refractivity (Wildman–Crippen MR) is 93.4 cm³/mol. The van der Waals surface area contributed by atoms with Gasteiger partial charge in [0.25, 0.3) is 5.91 Å². The van der Waals surface area contributed by atoms with E-state index in [4.69, 9.17) is 0 Å². The van der Waals surface area contributed by atoms with Gasteiger partial charge in [-0.3, -0.25) is 9.78 Å². The lowest BCUT2D eigenvalue weighted by Crippen LogP contribution is -2.33. The van der Waals surface area contributed by atoms with Crippen LogP contribution in [0.3, 0.4) is 0 Å². The average molecular weight is 308 g/mol. The van der Waals surface area contributed by atoms with Crippen LogP contribution in [0.4, 0.5) is 0 Å². The van der Waals surface area contributed by atoms with Gasteiger partial charge < -0.3 is 4.90 Å². The molecule has 0 saturated carbocycles. The van der Waals surface area contributed by atoms with E-state index in [2.05, 4.69) is 11.9 Å². The van der Waals surface area contributed by atoms with Gasteiger partial charge in [0, 0.05) is 36.6 Å². The first kappa shape index (κ1) is 15.7. The molecule has 0 unspecified atom stereocenters. The van der Waals surface area contributed by atoms with Crippen molar-refractivity contribution in [1.82, 2.24) is 9.88 Å². The molecule has 1 aromatic heterocycles. The Morgan fingerprint density at radius 2 is 1.61 bits per heavy atom. The first-order valence-corrected chi connectivity index (χ1v) is 8.56. The highest BCUT2D eigenvalue weighted by molar-refractivity contribution is 5.94. The summed E-state index contributed by atoms with van der Waals surface area (Å²) in [7, 11) is 0. The van der Waals surface area contributed by atoms with Crippen molar-refractivity contribution in [1.29, 1.82) is 0 Å². The Kier molecular flexibility index (Phi) is 5.06. The largest absolute Gasteiger partial charge is 0.339 e. The zero-order chi connectivity index (χ0) is 16.1. The van der Waals surface area contributed by atoms with E-state index in [-0.39, 0.29) is 5.91 Å². The van der Waals surface area contributed by atoms with Crippen LogP contribution in [0.1, 0.15) is 48.0 Å². The summed E-state index contributed by atoms with van der Waals surface area (Å²) >= 11 is 0. The molecule has 120 valence electrons. The Bertz CT molecular complexity index is 656. The number of carbonyl (C=O) groups is 1. The van der Waals surface area contributed by atoms with Gasteiger partial charge in [-0.25, -0.2) is 0 Å². The lowest BCUT2D eigenvalue weighted by Gasteiger charge is -2.25. The first-order valence-electron chi connectivity index (χ1n) is 8.56. The van der Waals surface area contributed by atoms with Crippen LogP contribution in [0, 0.1) is 6.92 Å². The predicted octanol–water partition coefficient (Wildman–Crippen LogP) is 4.46. The lowest BCUT2D eigenvalue weighted by atomic mass is 10.0. The first-order chi connectivity index (χ1) is 11.3. The molecular weight excluding hydrogens is 284 g/mol. The molecule has 3 nitrogen and oxygen atoms in total. The van der Waals surface area contributed by atoms with Gasteiger partial charge in [-0.15, -0.1) is 0 Å². The van der Waals surface area contributed by atoms with Crippen molar-refractivity contribution in [2.45, 2.75) is 39.0 Å². The Morgan fingerprint density at radius 1 is 0.957 bits per heavy atom. The molecule has 2 aromatic rings. The van der Waals surface area contributed by atoms with Crippen LogP contribution in [0.5, 0.6) is 0 Å². The quantitative estimate of drug-likeness (QED) is 0.820. The number of pyridine rings is 1. The Balaban J connectivity index is 1.76. The van der Waals surface area contributed by atoms with Gasteiger partial charge in [-0.05, 0) is 49.1 Å². The highest BCUT2D eigenvalue weighted by Gasteiger charge is 2.16. The standard InChI is InChI=1S/C20H24N2O/c1-16-11-12-21-15-19(16)17-7-9-18(10-8-17)20(23)22-13-5-3-2-4-6-14-22/h7-12,15H,2-6,13-14H2,1H3. The molecule has 0 aliphatic carbocycles. The minimum Gasteiger partial charge on any atom is -0.339 e. The van der Waals surface area contributed by atoms with Crippen LogP contribution < -0.4 is 0 Å². The number of amides is 1. The second kappa shape index (κ2) is 7.40. The van der Waals surface area contributed by atoms with E-state index >= 15 is 0 Å². The Morgan fingerprint density at radius 3 is 2.26 bits per heavy atom. The van der Waals surface area contributed by atoms with Crippen molar-refractivity contribution in [3.05, 3.63) is 53.9 Å². The molecule has 3 heteroatoms. The molecule has 2 heterocycles. The normalized spacial score (nSPS) is 15.8. The van der Waals surface area contributed by atoms with Crippen LogP contribution >= 0.6 is 0 Å². The summed E-state index contributed by atoms with van der Waals surface area (Å²) in [5.74, 6) is 0.168. The average Bonchev–Trinajstić information content (AvgIpc) is 2.55. The van der Waals surface area contributed by atoms with E-state index < -0.39 is 0 Å². The van der Waals surface area contributed by atoms with Gasteiger partial charge in [-0.2, -0.15) is 0 Å². The van der Waals surface area contributed by atoms with Gasteiger partial charge >= 0.3 is 0 Å². The highest BCUT2D eigenvalue weighted by atomic mass is 16.2. The molecule has 3 rings (SSSR count). The smallest absolute Gasteiger partial charge is 0.253 e. The minimum absolute atomic E-state index is 0.168. The summed E-state index contributed by atoms with van der Waals surface area (Å²) < 4.78 is 0. The molecule has 0 N–H and O–H groups in total. The van der Waals surface area contributed by atoms with E-state index in [1.165, 1.54) is 24.8 Å². The third-order valence-corrected chi connectivity index (χ3v) is 4.63. The summed E-state index contributed by atoms with van der Waals surface area (Å²) in [6, 6.07) is 9.96. The summed E-state index contributed by atoms with van der Waals surface area (Å²) in [5.41, 5.74) is 4.22. The number of hydrogen-bond donors (Lipinski definition) is 0. The van der Waals surface area contributed by atoms with Gasteiger partial charge in [0.15, 0.2) is 0 Å². The van der Waals surface area contributed by atoms with Crippen LogP contribution in [-0.2, 0) is 0 Å². The summed E-state index contributed by atoms with van der Waals surface area (Å²) in [4.78, 5) is 18.9. The highest BCUT2D eigenvalue weighted by Crippen LogP contribution is 2.23. The molecule has 0 radical (unpaired) electrons. The second-order valence-electron chi connectivity index (χ2n) is 6.33. The summed E-state index contributed by atoms with van der Waals surface area (Å²) in [6.07, 6.45) is 9.72. The number of benzene rings is 1. The monoisotopic (exact) mass is 308 g/mol. The van der Waals surface area contributed by atoms with E-state index in [9.17, 15) is 4.79 Å². The van der Waals surface area contributed by atoms with Crippen LogP contribution in [0.25, 0.3) is 11.1 Å². The fourth-order valence-electron chi connectivity index (χ4n) is 3.19. The number of aryl methyl sites for hydroxylation is 1. The van der Waals surface area contributed by atoms with Crippen molar-refractivity contribution in [3.8, 4) is 11.1 Å². The van der Waals surface area contributed by atoms with Crippen molar-refractivity contribution >= 4 is 5.91 Å². The van der Waals surface area contributed by atoms with Crippen LogP contribution in [0.15, 0.2) is 42.7 Å². The molecule has 23 heavy (non-hydrogen) atoms. The lowest BCUT2D eigenvalue weighted by molar-refractivity contribution is 0.0742. The van der Waals surface area contributed by atoms with Crippen molar-refractivity contribution in [2.24, 2.45) is 0 Å². The van der Waals surface area contributed by atoms with Crippen LogP contribution in [-0.4, -0.2) is 28.9 Å². The number of hydrogen-bond acceptors (Lipinski definition) is 2. The van der Waals surface area contributed by atoms with Crippen LogP contribution in [0.2, 0.25) is 0 Å². The Labute approximate surface area is 138 Å². The third-order valence-electron chi connectivity index (χ3n) is 4.63. The maximum absolute atomic E-state index is 12.7. The molecule has 0 spiro atoms. The van der Waals surface area contributed by atoms with Gasteiger partial charge in [-0.1, -0.05) is 31.4 Å². The zero-order valence-electron chi connectivity index (χ0n) is 13.8. The molecule has 0 atom stereocenters. The van der Waals surface area contributed by atoms with Crippen molar-refractivity contribution < 1.29 is 4.79 Å². The van der Waals surface area contributed by atoms with E-state index in [1.54, 1.807) is 6.20 Å². The summed E-state index contributed by atoms with van der Waals surface area (Å²) in [6.45, 7) is 3.86. The number of rotatable bonds is 2. The maximum atomic E-state index is 12.7. The van der Waals surface area contributed by atoms with Gasteiger partial charge in [0.2, 0.25) is 0 Å². The fraction of sp³-hybridized carbons (Fsp3) is 0.400. The zero-order valence-corrected chi connectivity index (χ0v) is 13.8. The summed E-state index contributed by atoms with van der Waals surface area (Å²) in [5, 5.41) is 0. The third kappa shape index (κ3) is 3.79. The fourth-order valence-corrected chi connectivity index (χ4v) is 3.19. The van der Waals surface area contributed by atoms with E-state index in [0.29, 0.717) is 0 Å². The number of likely N-dealkylation sites (tertiary alicyclic amines) is 1. The SMILES string of the molecule is Cc1ccncc1-c1ccc(C(=O)N2CCCCCCC2)cc1. The minimum atomic E-state index is 0.168. The molecule has 1 fully saturated rings. The van der Waals surface area contributed by atoms with Gasteiger partial charge in [0.05, 0.1) is 0 Å². The van der Waals surface area contributed by atoms with Gasteiger partial charge in [0.1, 0.15) is 0 Å². The molecule has 1 aromatic carbocycles. The number of aromatic nitrogens is 1. The topological polar surface area (TPSA) is 33.2 Å². The Hall–Kier alpha value is -2.16. The van der Waals surface area contributed by atoms with Crippen molar-refractivity contribution in [3.63, 3.8) is 0 Å². The molecular formula is C20H24N2O. The second-order valence-corrected chi connectivity index (χ2v) is 6.33. The maximum Gasteiger partial charge on any atom is 0.253 e. The van der Waals surface area contributed by atoms with E-state index in [1.807, 2.05) is 41.4 Å². The molecule has 1 amide bonds. The number of nitrogens with zero attached hydrogens (tertiary/aromatic N) is 2.